The fourth-order valence-electron chi connectivity index (χ4n) is 0.820. The quantitative estimate of drug-likeness (QED) is 0.757. The number of carbonyl (C=O) groups excluding carboxylic acids is 1. The molecule has 76 valence electrons. The van der Waals surface area contributed by atoms with Gasteiger partial charge in [0.2, 0.25) is 0 Å². The third-order valence-electron chi connectivity index (χ3n) is 1.44. The summed E-state index contributed by atoms with van der Waals surface area (Å²) in [6.07, 6.45) is -0.595. The Morgan fingerprint density at radius 2 is 2.07 bits per heavy atom. The number of ether oxygens (including phenoxy) is 1. The van der Waals surface area contributed by atoms with Crippen molar-refractivity contribution in [1.82, 2.24) is 5.32 Å². The van der Waals surface area contributed by atoms with Gasteiger partial charge in [-0.3, -0.25) is 0 Å². The molecule has 1 rings (SSSR count). The molecule has 0 atom stereocenters. The lowest BCUT2D eigenvalue weighted by Gasteiger charge is -2.04. The first-order valence-electron chi connectivity index (χ1n) is 4.13. The predicted octanol–water partition coefficient (Wildman–Crippen LogP) is 0.873. The summed E-state index contributed by atoms with van der Waals surface area (Å²) in [5.41, 5.74) is 5.17. The van der Waals surface area contributed by atoms with Crippen molar-refractivity contribution in [1.29, 1.82) is 0 Å². The average Bonchev–Trinajstić information content (AvgIpc) is 2.18. The van der Waals surface area contributed by atoms with Gasteiger partial charge in [0.1, 0.15) is 11.6 Å². The lowest BCUT2D eigenvalue weighted by atomic mass is 10.3. The third kappa shape index (κ3) is 3.40. The molecular formula is C9H11FN2O2. The Morgan fingerprint density at radius 1 is 1.43 bits per heavy atom. The Morgan fingerprint density at radius 3 is 2.64 bits per heavy atom. The first-order valence-corrected chi connectivity index (χ1v) is 4.13. The lowest BCUT2D eigenvalue weighted by molar-refractivity contribution is 0.201. The molecule has 0 aromatic heterocycles. The molecule has 1 aromatic carbocycles. The first kappa shape index (κ1) is 10.5. The molecule has 0 saturated carbocycles. The van der Waals surface area contributed by atoms with Gasteiger partial charge in [0.25, 0.3) is 0 Å². The molecule has 0 fully saturated rings. The molecule has 0 heterocycles. The first-order chi connectivity index (χ1) is 6.72. The number of nitrogens with two attached hydrogens (primary N) is 1. The molecule has 1 amide bonds. The molecule has 0 spiro atoms. The molecule has 0 bridgehead atoms. The average molecular weight is 198 g/mol. The van der Waals surface area contributed by atoms with Gasteiger partial charge in [-0.25, -0.2) is 9.18 Å². The Kier molecular flexibility index (Phi) is 3.87. The SMILES string of the molecule is NCCNC(=O)Oc1ccc(F)cc1. The zero-order valence-electron chi connectivity index (χ0n) is 7.50. The van der Waals surface area contributed by atoms with E-state index in [0.29, 0.717) is 18.8 Å². The number of nitrogens with one attached hydrogen (secondary N) is 1. The molecule has 4 nitrogen and oxygen atoms in total. The van der Waals surface area contributed by atoms with E-state index in [0.717, 1.165) is 0 Å². The molecule has 3 N–H and O–H groups in total. The molecule has 1 aromatic rings. The molecule has 14 heavy (non-hydrogen) atoms. The van der Waals surface area contributed by atoms with Crippen molar-refractivity contribution in [3.05, 3.63) is 30.1 Å². The van der Waals surface area contributed by atoms with Gasteiger partial charge in [-0.2, -0.15) is 0 Å². The van der Waals surface area contributed by atoms with Crippen LogP contribution in [0.15, 0.2) is 24.3 Å². The predicted molar refractivity (Wildman–Crippen MR) is 49.5 cm³/mol. The number of halogens is 1. The number of hydrogen-bond acceptors (Lipinski definition) is 3. The second-order valence-electron chi connectivity index (χ2n) is 2.56. The highest BCUT2D eigenvalue weighted by molar-refractivity contribution is 5.70. The molecule has 0 aliphatic heterocycles. The maximum absolute atomic E-state index is 12.5. The highest BCUT2D eigenvalue weighted by Gasteiger charge is 2.02. The fourth-order valence-corrected chi connectivity index (χ4v) is 0.820. The number of carbonyl (C=O) groups is 1. The molecule has 0 unspecified atom stereocenters. The van der Waals surface area contributed by atoms with Gasteiger partial charge < -0.3 is 15.8 Å². The van der Waals surface area contributed by atoms with Crippen LogP contribution < -0.4 is 15.8 Å². The summed E-state index contributed by atoms with van der Waals surface area (Å²) in [4.78, 5) is 11.0. The van der Waals surface area contributed by atoms with Crippen molar-refractivity contribution < 1.29 is 13.9 Å². The normalized spacial score (nSPS) is 9.57. The van der Waals surface area contributed by atoms with E-state index in [1.165, 1.54) is 24.3 Å². The van der Waals surface area contributed by atoms with Crippen molar-refractivity contribution >= 4 is 6.09 Å². The third-order valence-corrected chi connectivity index (χ3v) is 1.44. The Labute approximate surface area is 80.9 Å². The standard InChI is InChI=1S/C9H11FN2O2/c10-7-1-3-8(4-2-7)14-9(13)12-6-5-11/h1-4H,5-6,11H2,(H,12,13). The second-order valence-corrected chi connectivity index (χ2v) is 2.56. The van der Waals surface area contributed by atoms with E-state index < -0.39 is 6.09 Å². The maximum atomic E-state index is 12.5. The van der Waals surface area contributed by atoms with Crippen LogP contribution in [0.25, 0.3) is 0 Å². The molecule has 5 heteroatoms. The number of hydrogen-bond donors (Lipinski definition) is 2. The van der Waals surface area contributed by atoms with E-state index in [1.54, 1.807) is 0 Å². The second kappa shape index (κ2) is 5.18. The maximum Gasteiger partial charge on any atom is 0.412 e. The zero-order chi connectivity index (χ0) is 10.4. The van der Waals surface area contributed by atoms with E-state index >= 15 is 0 Å². The van der Waals surface area contributed by atoms with Crippen LogP contribution in [-0.2, 0) is 0 Å². The monoisotopic (exact) mass is 198 g/mol. The minimum atomic E-state index is -0.595. The van der Waals surface area contributed by atoms with Crippen molar-refractivity contribution in [2.45, 2.75) is 0 Å². The van der Waals surface area contributed by atoms with Crippen LogP contribution in [0.3, 0.4) is 0 Å². The van der Waals surface area contributed by atoms with Gasteiger partial charge in [0, 0.05) is 13.1 Å². The van der Waals surface area contributed by atoms with Crippen LogP contribution in [0.4, 0.5) is 9.18 Å². The van der Waals surface area contributed by atoms with Crippen LogP contribution in [-0.4, -0.2) is 19.2 Å². The van der Waals surface area contributed by atoms with Gasteiger partial charge >= 0.3 is 6.09 Å². The van der Waals surface area contributed by atoms with Gasteiger partial charge in [-0.05, 0) is 24.3 Å². The minimum absolute atomic E-state index is 0.293. The number of amides is 1. The van der Waals surface area contributed by atoms with Gasteiger partial charge in [0.05, 0.1) is 0 Å². The molecular weight excluding hydrogens is 187 g/mol. The highest BCUT2D eigenvalue weighted by atomic mass is 19.1. The summed E-state index contributed by atoms with van der Waals surface area (Å²) < 4.78 is 17.3. The summed E-state index contributed by atoms with van der Waals surface area (Å²) >= 11 is 0. The Bertz CT molecular complexity index is 300. The van der Waals surface area contributed by atoms with Crippen molar-refractivity contribution in [3.63, 3.8) is 0 Å². The van der Waals surface area contributed by atoms with E-state index in [9.17, 15) is 9.18 Å². The molecule has 0 radical (unpaired) electrons. The number of rotatable bonds is 3. The van der Waals surface area contributed by atoms with Crippen molar-refractivity contribution in [3.8, 4) is 5.75 Å². The van der Waals surface area contributed by atoms with Crippen LogP contribution >= 0.6 is 0 Å². The van der Waals surface area contributed by atoms with E-state index in [4.69, 9.17) is 10.5 Å². The summed E-state index contributed by atoms with van der Waals surface area (Å²) in [6, 6.07) is 5.17. The lowest BCUT2D eigenvalue weighted by Crippen LogP contribution is -2.31. The molecule has 0 saturated heterocycles. The van der Waals surface area contributed by atoms with Gasteiger partial charge in [-0.15, -0.1) is 0 Å². The van der Waals surface area contributed by atoms with Crippen LogP contribution in [0, 0.1) is 5.82 Å². The molecule has 0 aliphatic rings. The minimum Gasteiger partial charge on any atom is -0.410 e. The molecule has 0 aliphatic carbocycles. The zero-order valence-corrected chi connectivity index (χ0v) is 7.50. The fraction of sp³-hybridized carbons (Fsp3) is 0.222. The summed E-state index contributed by atoms with van der Waals surface area (Å²) in [7, 11) is 0. The Balaban J connectivity index is 2.44. The van der Waals surface area contributed by atoms with E-state index in [2.05, 4.69) is 5.32 Å². The van der Waals surface area contributed by atoms with Crippen LogP contribution in [0.5, 0.6) is 5.75 Å². The van der Waals surface area contributed by atoms with Crippen molar-refractivity contribution in [2.75, 3.05) is 13.1 Å². The topological polar surface area (TPSA) is 64.3 Å². The van der Waals surface area contributed by atoms with Gasteiger partial charge in [0.15, 0.2) is 0 Å². The Hall–Kier alpha value is -1.62. The summed E-state index contributed by atoms with van der Waals surface area (Å²) in [5.74, 6) is -0.0827. The van der Waals surface area contributed by atoms with Crippen molar-refractivity contribution in [2.24, 2.45) is 5.73 Å². The smallest absolute Gasteiger partial charge is 0.410 e. The highest BCUT2D eigenvalue weighted by Crippen LogP contribution is 2.10. The van der Waals surface area contributed by atoms with Gasteiger partial charge in [-0.1, -0.05) is 0 Å². The van der Waals surface area contributed by atoms with Crippen LogP contribution in [0.2, 0.25) is 0 Å². The van der Waals surface area contributed by atoms with E-state index in [1.807, 2.05) is 0 Å². The van der Waals surface area contributed by atoms with Crippen LogP contribution in [0.1, 0.15) is 0 Å². The largest absolute Gasteiger partial charge is 0.412 e. The summed E-state index contributed by atoms with van der Waals surface area (Å²) in [6.45, 7) is 0.693. The summed E-state index contributed by atoms with van der Waals surface area (Å²) in [5, 5.41) is 2.42. The number of benzene rings is 1. The van der Waals surface area contributed by atoms with E-state index in [-0.39, 0.29) is 5.82 Å².